The summed E-state index contributed by atoms with van der Waals surface area (Å²) in [5.41, 5.74) is 9.05. The Morgan fingerprint density at radius 3 is 1.48 bits per heavy atom. The van der Waals surface area contributed by atoms with E-state index in [0.29, 0.717) is 0 Å². The molecule has 0 aliphatic carbocycles. The first kappa shape index (κ1) is 25.1. The SMILES string of the molecule is c1cnc2c(c1)ccc1ccc(-c3c4ccccc4c(-c4c5ccccc5nc5c4ccc4cccnc45)c4ccccc34)nc12. The van der Waals surface area contributed by atoms with Gasteiger partial charge in [-0.25, -0.2) is 9.97 Å². The van der Waals surface area contributed by atoms with Crippen molar-refractivity contribution in [2.75, 3.05) is 0 Å². The Labute approximate surface area is 263 Å². The fraction of sp³-hybridized carbons (Fsp3) is 0. The summed E-state index contributed by atoms with van der Waals surface area (Å²) < 4.78 is 0. The summed E-state index contributed by atoms with van der Waals surface area (Å²) in [5, 5.41) is 10.1. The highest BCUT2D eigenvalue weighted by molar-refractivity contribution is 6.27. The third-order valence-corrected chi connectivity index (χ3v) is 9.29. The van der Waals surface area contributed by atoms with Gasteiger partial charge in [0.15, 0.2) is 0 Å². The minimum Gasteiger partial charge on any atom is -0.254 e. The van der Waals surface area contributed by atoms with Gasteiger partial charge in [0.25, 0.3) is 0 Å². The standard InChI is InChI=1S/C42H24N4/c1-3-13-30-28(11-1)36(35-22-20-27-18-17-25-9-7-23-43-39(25)41(27)46-35)29-12-2-4-14-31(29)37(30)38-32-15-5-6-16-34(32)45-42-33(38)21-19-26-10-8-24-44-40(26)42/h1-24H. The van der Waals surface area contributed by atoms with Crippen molar-refractivity contribution in [1.82, 2.24) is 19.9 Å². The predicted molar refractivity (Wildman–Crippen MR) is 191 cm³/mol. The largest absolute Gasteiger partial charge is 0.254 e. The highest BCUT2D eigenvalue weighted by Crippen LogP contribution is 2.47. The van der Waals surface area contributed by atoms with Crippen molar-refractivity contribution < 1.29 is 0 Å². The molecule has 0 fully saturated rings. The summed E-state index contributed by atoms with van der Waals surface area (Å²) >= 11 is 0. The van der Waals surface area contributed by atoms with Crippen LogP contribution in [-0.2, 0) is 0 Å². The maximum atomic E-state index is 5.33. The molecular formula is C42H24N4. The van der Waals surface area contributed by atoms with Crippen LogP contribution in [0, 0.1) is 0 Å². The molecule has 0 saturated carbocycles. The Morgan fingerprint density at radius 1 is 0.304 bits per heavy atom. The monoisotopic (exact) mass is 584 g/mol. The Balaban J connectivity index is 1.38. The van der Waals surface area contributed by atoms with Gasteiger partial charge in [-0.05, 0) is 51.4 Å². The second-order valence-electron chi connectivity index (χ2n) is 11.8. The number of hydrogen-bond acceptors (Lipinski definition) is 4. The van der Waals surface area contributed by atoms with Crippen LogP contribution in [0.1, 0.15) is 0 Å². The second kappa shape index (κ2) is 9.62. The molecule has 0 saturated heterocycles. The van der Waals surface area contributed by atoms with Crippen LogP contribution in [0.2, 0.25) is 0 Å². The molecule has 46 heavy (non-hydrogen) atoms. The summed E-state index contributed by atoms with van der Waals surface area (Å²) in [7, 11) is 0. The fourth-order valence-electron chi connectivity index (χ4n) is 7.30. The summed E-state index contributed by atoms with van der Waals surface area (Å²) in [6.45, 7) is 0. The van der Waals surface area contributed by atoms with Gasteiger partial charge in [0.1, 0.15) is 0 Å². The molecule has 4 nitrogen and oxygen atoms in total. The van der Waals surface area contributed by atoms with Crippen LogP contribution in [0.4, 0.5) is 0 Å². The predicted octanol–water partition coefficient (Wildman–Crippen LogP) is 10.7. The van der Waals surface area contributed by atoms with Gasteiger partial charge in [0.2, 0.25) is 0 Å². The van der Waals surface area contributed by atoms with E-state index < -0.39 is 0 Å². The van der Waals surface area contributed by atoms with Crippen LogP contribution in [0.25, 0.3) is 98.4 Å². The Morgan fingerprint density at radius 2 is 0.804 bits per heavy atom. The molecule has 0 radical (unpaired) electrons. The molecule has 0 atom stereocenters. The fourth-order valence-corrected chi connectivity index (χ4v) is 7.30. The van der Waals surface area contributed by atoms with Crippen LogP contribution in [0.15, 0.2) is 146 Å². The summed E-state index contributed by atoms with van der Waals surface area (Å²) in [6.07, 6.45) is 3.70. The lowest BCUT2D eigenvalue weighted by Gasteiger charge is -2.20. The van der Waals surface area contributed by atoms with Gasteiger partial charge in [-0.1, -0.05) is 109 Å². The van der Waals surface area contributed by atoms with E-state index in [1.54, 1.807) is 0 Å². The zero-order valence-electron chi connectivity index (χ0n) is 24.6. The first-order chi connectivity index (χ1) is 22.8. The molecule has 0 amide bonds. The van der Waals surface area contributed by atoms with Crippen molar-refractivity contribution in [3.63, 3.8) is 0 Å². The van der Waals surface area contributed by atoms with Gasteiger partial charge in [0, 0.05) is 50.5 Å². The van der Waals surface area contributed by atoms with Gasteiger partial charge in [-0.3, -0.25) is 9.97 Å². The lowest BCUT2D eigenvalue weighted by atomic mass is 9.84. The van der Waals surface area contributed by atoms with Crippen molar-refractivity contribution in [3.05, 3.63) is 146 Å². The van der Waals surface area contributed by atoms with E-state index in [2.05, 4.69) is 121 Å². The van der Waals surface area contributed by atoms with Gasteiger partial charge in [0.05, 0.1) is 33.3 Å². The highest BCUT2D eigenvalue weighted by atomic mass is 14.8. The summed E-state index contributed by atoms with van der Waals surface area (Å²) in [6, 6.07) is 47.1. The molecule has 0 aliphatic heterocycles. The van der Waals surface area contributed by atoms with Crippen molar-refractivity contribution in [2.24, 2.45) is 0 Å². The van der Waals surface area contributed by atoms with E-state index in [1.165, 1.54) is 21.9 Å². The molecule has 0 bridgehead atoms. The van der Waals surface area contributed by atoms with Crippen LogP contribution in [-0.4, -0.2) is 19.9 Å². The van der Waals surface area contributed by atoms with Gasteiger partial charge < -0.3 is 0 Å². The van der Waals surface area contributed by atoms with E-state index in [0.717, 1.165) is 76.5 Å². The number of nitrogens with zero attached hydrogens (tertiary/aromatic N) is 4. The first-order valence-corrected chi connectivity index (χ1v) is 15.5. The van der Waals surface area contributed by atoms with Crippen LogP contribution >= 0.6 is 0 Å². The number of pyridine rings is 4. The zero-order valence-corrected chi connectivity index (χ0v) is 24.6. The topological polar surface area (TPSA) is 51.6 Å². The molecule has 4 heteroatoms. The smallest absolute Gasteiger partial charge is 0.0978 e. The molecular weight excluding hydrogens is 560 g/mol. The maximum absolute atomic E-state index is 5.33. The maximum Gasteiger partial charge on any atom is 0.0978 e. The van der Waals surface area contributed by atoms with E-state index >= 15 is 0 Å². The molecule has 4 aromatic heterocycles. The molecule has 4 heterocycles. The molecule has 6 aromatic carbocycles. The van der Waals surface area contributed by atoms with Crippen LogP contribution < -0.4 is 0 Å². The molecule has 10 rings (SSSR count). The Kier molecular flexibility index (Phi) is 5.25. The van der Waals surface area contributed by atoms with E-state index in [-0.39, 0.29) is 0 Å². The number of hydrogen-bond donors (Lipinski definition) is 0. The first-order valence-electron chi connectivity index (χ1n) is 15.5. The van der Waals surface area contributed by atoms with Crippen molar-refractivity contribution >= 4 is 76.1 Å². The van der Waals surface area contributed by atoms with E-state index in [9.17, 15) is 0 Å². The Bertz CT molecular complexity index is 2820. The lowest BCUT2D eigenvalue weighted by Crippen LogP contribution is -1.96. The van der Waals surface area contributed by atoms with Crippen LogP contribution in [0.3, 0.4) is 0 Å². The minimum atomic E-state index is 0.915. The van der Waals surface area contributed by atoms with Gasteiger partial charge in [-0.2, -0.15) is 0 Å². The average Bonchev–Trinajstić information content (AvgIpc) is 3.13. The number of benzene rings is 6. The van der Waals surface area contributed by atoms with Crippen molar-refractivity contribution in [3.8, 4) is 22.4 Å². The average molecular weight is 585 g/mol. The molecule has 0 spiro atoms. The van der Waals surface area contributed by atoms with Crippen molar-refractivity contribution in [1.29, 1.82) is 0 Å². The number of fused-ring (bicyclic) bond motifs is 9. The number of aromatic nitrogens is 4. The van der Waals surface area contributed by atoms with E-state index in [4.69, 9.17) is 19.9 Å². The molecule has 0 N–H and O–H groups in total. The third-order valence-electron chi connectivity index (χ3n) is 9.29. The van der Waals surface area contributed by atoms with Gasteiger partial charge in [-0.15, -0.1) is 0 Å². The summed E-state index contributed by atoms with van der Waals surface area (Å²) in [4.78, 5) is 20.1. The second-order valence-corrected chi connectivity index (χ2v) is 11.8. The molecule has 10 aromatic rings. The van der Waals surface area contributed by atoms with Crippen LogP contribution in [0.5, 0.6) is 0 Å². The lowest BCUT2D eigenvalue weighted by molar-refractivity contribution is 1.38. The molecule has 212 valence electrons. The Hall–Kier alpha value is -6.26. The van der Waals surface area contributed by atoms with Crippen molar-refractivity contribution in [2.45, 2.75) is 0 Å². The van der Waals surface area contributed by atoms with E-state index in [1.807, 2.05) is 24.5 Å². The number of rotatable bonds is 2. The summed E-state index contributed by atoms with van der Waals surface area (Å²) in [5.74, 6) is 0. The molecule has 0 unspecified atom stereocenters. The number of para-hydroxylation sites is 1. The minimum absolute atomic E-state index is 0.915. The quantitative estimate of drug-likeness (QED) is 0.150. The third kappa shape index (κ3) is 3.55. The zero-order chi connectivity index (χ0) is 30.2. The normalized spacial score (nSPS) is 11.9. The van der Waals surface area contributed by atoms with Gasteiger partial charge >= 0.3 is 0 Å². The molecule has 0 aliphatic rings. The highest BCUT2D eigenvalue weighted by Gasteiger charge is 2.22.